The quantitative estimate of drug-likeness (QED) is 0.763. The molecule has 4 rings (SSSR count). The van der Waals surface area contributed by atoms with Crippen LogP contribution in [0.2, 0.25) is 0 Å². The van der Waals surface area contributed by atoms with Gasteiger partial charge in [-0.15, -0.1) is 0 Å². The molecule has 2 bridgehead atoms. The van der Waals surface area contributed by atoms with Crippen molar-refractivity contribution in [2.75, 3.05) is 7.05 Å². The number of hydrogen-bond donors (Lipinski definition) is 0. The van der Waals surface area contributed by atoms with Gasteiger partial charge in [-0.2, -0.15) is 0 Å². The lowest BCUT2D eigenvalue weighted by Gasteiger charge is -2.45. The zero-order valence-corrected chi connectivity index (χ0v) is 14.2. The molecule has 0 amide bonds. The maximum Gasteiger partial charge on any atom is 0.183 e. The van der Waals surface area contributed by atoms with Crippen molar-refractivity contribution < 1.29 is 13.6 Å². The molecule has 2 aromatic rings. The summed E-state index contributed by atoms with van der Waals surface area (Å²) < 4.78 is 26.5. The SMILES string of the molecule is CN1[C@H]2CC[C@]1(C(=O)c1ccc(F)cc1)CC(c1ccc(F)cc1)C2. The number of ketones is 1. The number of halogens is 2. The van der Waals surface area contributed by atoms with Crippen molar-refractivity contribution in [3.63, 3.8) is 0 Å². The van der Waals surface area contributed by atoms with Crippen LogP contribution in [0.25, 0.3) is 0 Å². The number of hydrogen-bond acceptors (Lipinski definition) is 2. The molecule has 2 aliphatic rings. The van der Waals surface area contributed by atoms with Gasteiger partial charge in [0, 0.05) is 11.6 Å². The largest absolute Gasteiger partial charge is 0.292 e. The first kappa shape index (κ1) is 16.4. The fraction of sp³-hybridized carbons (Fsp3) is 0.381. The number of rotatable bonds is 3. The molecule has 2 aromatic carbocycles. The Hall–Kier alpha value is -2.07. The van der Waals surface area contributed by atoms with E-state index in [1.54, 1.807) is 12.1 Å². The highest BCUT2D eigenvalue weighted by molar-refractivity contribution is 6.03. The molecule has 2 heterocycles. The standard InChI is InChI=1S/C21H21F2NO/c1-24-19-10-11-21(24,20(25)15-4-8-18(23)9-5-15)13-16(12-19)14-2-6-17(22)7-3-14/h2-9,16,19H,10-13H2,1H3/t16?,19-,21+/m0/s1. The smallest absolute Gasteiger partial charge is 0.183 e. The number of benzene rings is 2. The topological polar surface area (TPSA) is 20.3 Å². The molecule has 2 fully saturated rings. The molecule has 0 aliphatic carbocycles. The second kappa shape index (κ2) is 6.03. The van der Waals surface area contributed by atoms with Crippen molar-refractivity contribution in [3.05, 3.63) is 71.3 Å². The van der Waals surface area contributed by atoms with Crippen LogP contribution in [0.4, 0.5) is 8.78 Å². The van der Waals surface area contributed by atoms with E-state index in [1.807, 2.05) is 19.2 Å². The average Bonchev–Trinajstić information content (AvgIpc) is 2.81. The molecular formula is C21H21F2NO. The third-order valence-corrected chi connectivity index (χ3v) is 6.13. The summed E-state index contributed by atoms with van der Waals surface area (Å²) in [6.07, 6.45) is 3.52. The van der Waals surface area contributed by atoms with E-state index in [2.05, 4.69) is 4.90 Å². The Labute approximate surface area is 146 Å². The molecule has 2 nitrogen and oxygen atoms in total. The van der Waals surface area contributed by atoms with E-state index in [0.29, 0.717) is 11.6 Å². The minimum atomic E-state index is -0.542. The van der Waals surface area contributed by atoms with E-state index < -0.39 is 5.54 Å². The van der Waals surface area contributed by atoms with Crippen LogP contribution < -0.4 is 0 Å². The van der Waals surface area contributed by atoms with Crippen LogP contribution in [0, 0.1) is 11.6 Å². The van der Waals surface area contributed by atoms with E-state index in [4.69, 9.17) is 0 Å². The molecule has 25 heavy (non-hydrogen) atoms. The van der Waals surface area contributed by atoms with Crippen molar-refractivity contribution in [2.45, 2.75) is 43.2 Å². The average molecular weight is 341 g/mol. The molecule has 0 N–H and O–H groups in total. The Kier molecular flexibility index (Phi) is 3.95. The van der Waals surface area contributed by atoms with Gasteiger partial charge in [0.25, 0.3) is 0 Å². The first-order chi connectivity index (χ1) is 12.0. The van der Waals surface area contributed by atoms with Gasteiger partial charge in [-0.1, -0.05) is 12.1 Å². The van der Waals surface area contributed by atoms with Crippen molar-refractivity contribution in [1.29, 1.82) is 0 Å². The normalized spacial score (nSPS) is 28.9. The minimum absolute atomic E-state index is 0.0734. The highest BCUT2D eigenvalue weighted by Crippen LogP contribution is 2.50. The summed E-state index contributed by atoms with van der Waals surface area (Å²) in [6, 6.07) is 12.8. The second-order valence-corrected chi connectivity index (χ2v) is 7.36. The van der Waals surface area contributed by atoms with Crippen LogP contribution in [0.3, 0.4) is 0 Å². The van der Waals surface area contributed by atoms with E-state index in [0.717, 1.165) is 31.2 Å². The van der Waals surface area contributed by atoms with E-state index in [1.165, 1.54) is 24.3 Å². The molecule has 4 heteroatoms. The van der Waals surface area contributed by atoms with Crippen molar-refractivity contribution in [3.8, 4) is 0 Å². The lowest BCUT2D eigenvalue weighted by atomic mass is 9.75. The lowest BCUT2D eigenvalue weighted by Crippen LogP contribution is -2.55. The summed E-state index contributed by atoms with van der Waals surface area (Å²) in [5.41, 5.74) is 1.12. The Bertz CT molecular complexity index is 787. The van der Waals surface area contributed by atoms with Crippen LogP contribution >= 0.6 is 0 Å². The highest BCUT2D eigenvalue weighted by Gasteiger charge is 2.54. The van der Waals surface area contributed by atoms with E-state index >= 15 is 0 Å². The minimum Gasteiger partial charge on any atom is -0.292 e. The molecule has 0 aromatic heterocycles. The van der Waals surface area contributed by atoms with Crippen LogP contribution in [0.15, 0.2) is 48.5 Å². The van der Waals surface area contributed by atoms with Gasteiger partial charge >= 0.3 is 0 Å². The molecule has 2 aliphatic heterocycles. The summed E-state index contributed by atoms with van der Waals surface area (Å²) in [5, 5.41) is 0. The Morgan fingerprint density at radius 2 is 1.64 bits per heavy atom. The fourth-order valence-electron chi connectivity index (χ4n) is 4.69. The third kappa shape index (κ3) is 2.69. The molecule has 0 spiro atoms. The maximum atomic E-state index is 13.3. The summed E-state index contributed by atoms with van der Waals surface area (Å²) in [7, 11) is 2.03. The number of piperidine rings is 1. The molecule has 2 saturated heterocycles. The molecule has 0 radical (unpaired) electrons. The Morgan fingerprint density at radius 3 is 2.28 bits per heavy atom. The van der Waals surface area contributed by atoms with Crippen molar-refractivity contribution >= 4 is 5.78 Å². The third-order valence-electron chi connectivity index (χ3n) is 6.13. The number of fused-ring (bicyclic) bond motifs is 2. The predicted molar refractivity (Wildman–Crippen MR) is 92.6 cm³/mol. The van der Waals surface area contributed by atoms with E-state index in [9.17, 15) is 13.6 Å². The first-order valence-corrected chi connectivity index (χ1v) is 8.78. The molecular weight excluding hydrogens is 320 g/mol. The predicted octanol–water partition coefficient (Wildman–Crippen LogP) is 4.56. The second-order valence-electron chi connectivity index (χ2n) is 7.36. The summed E-state index contributed by atoms with van der Waals surface area (Å²) in [6.45, 7) is 0. The van der Waals surface area contributed by atoms with Gasteiger partial charge in [-0.25, -0.2) is 8.78 Å². The maximum absolute atomic E-state index is 13.3. The Morgan fingerprint density at radius 1 is 1.04 bits per heavy atom. The number of likely N-dealkylation sites (N-methyl/N-ethyl adjacent to an activating group) is 1. The van der Waals surface area contributed by atoms with Gasteiger partial charge in [-0.05, 0) is 80.6 Å². The number of carbonyl (C=O) groups excluding carboxylic acids is 1. The summed E-state index contributed by atoms with van der Waals surface area (Å²) in [5.74, 6) is -0.255. The van der Waals surface area contributed by atoms with Gasteiger partial charge in [0.15, 0.2) is 5.78 Å². The van der Waals surface area contributed by atoms with E-state index in [-0.39, 0.29) is 23.3 Å². The van der Waals surface area contributed by atoms with Gasteiger partial charge in [0.1, 0.15) is 11.6 Å². The van der Waals surface area contributed by atoms with Crippen LogP contribution in [0.5, 0.6) is 0 Å². The summed E-state index contributed by atoms with van der Waals surface area (Å²) in [4.78, 5) is 15.5. The van der Waals surface area contributed by atoms with Gasteiger partial charge in [0.05, 0.1) is 5.54 Å². The fourth-order valence-corrected chi connectivity index (χ4v) is 4.69. The number of carbonyl (C=O) groups is 1. The number of Topliss-reactive ketones (excluding diaryl/α,β-unsaturated/α-hetero) is 1. The molecule has 1 unspecified atom stereocenters. The van der Waals surface area contributed by atoms with Gasteiger partial charge in [-0.3, -0.25) is 9.69 Å². The van der Waals surface area contributed by atoms with Crippen molar-refractivity contribution in [2.24, 2.45) is 0 Å². The summed E-state index contributed by atoms with van der Waals surface area (Å²) >= 11 is 0. The van der Waals surface area contributed by atoms with Crippen LogP contribution in [-0.4, -0.2) is 29.3 Å². The molecule has 3 atom stereocenters. The molecule has 130 valence electrons. The van der Waals surface area contributed by atoms with Crippen molar-refractivity contribution in [1.82, 2.24) is 4.90 Å². The molecule has 0 saturated carbocycles. The van der Waals surface area contributed by atoms with Gasteiger partial charge < -0.3 is 0 Å². The highest BCUT2D eigenvalue weighted by atomic mass is 19.1. The lowest BCUT2D eigenvalue weighted by molar-refractivity contribution is 0.0473. The Balaban J connectivity index is 1.67. The van der Waals surface area contributed by atoms with Gasteiger partial charge in [0.2, 0.25) is 0 Å². The zero-order chi connectivity index (χ0) is 17.6. The number of nitrogens with zero attached hydrogens (tertiary/aromatic N) is 1. The monoisotopic (exact) mass is 341 g/mol. The van der Waals surface area contributed by atoms with Crippen LogP contribution in [0.1, 0.15) is 47.5 Å². The van der Waals surface area contributed by atoms with Crippen LogP contribution in [-0.2, 0) is 0 Å². The first-order valence-electron chi connectivity index (χ1n) is 8.78. The zero-order valence-electron chi connectivity index (χ0n) is 14.2.